The molecule has 0 aliphatic rings. The van der Waals surface area contributed by atoms with Gasteiger partial charge in [-0.2, -0.15) is 5.26 Å². The average molecular weight is 418 g/mol. The van der Waals surface area contributed by atoms with Gasteiger partial charge in [-0.1, -0.05) is 72.1 Å². The molecule has 0 saturated heterocycles. The summed E-state index contributed by atoms with van der Waals surface area (Å²) >= 11 is 0. The van der Waals surface area contributed by atoms with Crippen molar-refractivity contribution < 1.29 is 19.4 Å². The molecule has 0 aromatic heterocycles. The van der Waals surface area contributed by atoms with Crippen LogP contribution >= 0.6 is 0 Å². The Morgan fingerprint density at radius 1 is 1.17 bits per heavy atom. The van der Waals surface area contributed by atoms with Crippen molar-refractivity contribution in [2.45, 2.75) is 79.6 Å². The van der Waals surface area contributed by atoms with Crippen molar-refractivity contribution in [3.05, 3.63) is 41.5 Å². The molecular weight excluding hydrogens is 378 g/mol. The number of carbonyl (C=O) groups excluding carboxylic acids is 1. The van der Waals surface area contributed by atoms with E-state index >= 15 is 0 Å². The van der Waals surface area contributed by atoms with Crippen LogP contribution in [0, 0.1) is 16.7 Å². The smallest absolute Gasteiger partial charge is 0.290 e. The van der Waals surface area contributed by atoms with Crippen LogP contribution in [-0.2, 0) is 9.59 Å². The molecule has 0 amide bonds. The van der Waals surface area contributed by atoms with Gasteiger partial charge in [-0.15, -0.1) is 0 Å². The van der Waals surface area contributed by atoms with Crippen molar-refractivity contribution >= 4 is 12.3 Å². The summed E-state index contributed by atoms with van der Waals surface area (Å²) in [5.74, 6) is 1.52. The van der Waals surface area contributed by atoms with Crippen molar-refractivity contribution in [3.63, 3.8) is 0 Å². The number of carboxylic acid groups (broad SMARTS) is 1. The van der Waals surface area contributed by atoms with Gasteiger partial charge in [-0.25, -0.2) is 0 Å². The molecule has 1 N–H and O–H groups in total. The van der Waals surface area contributed by atoms with Crippen molar-refractivity contribution in [2.75, 3.05) is 7.11 Å². The predicted molar refractivity (Wildman–Crippen MR) is 123 cm³/mol. The number of nitrogens with zero attached hydrogens (tertiary/aromatic N) is 1. The van der Waals surface area contributed by atoms with E-state index in [2.05, 4.69) is 38.1 Å². The summed E-state index contributed by atoms with van der Waals surface area (Å²) in [6.45, 7) is 11.5. The number of benzene rings is 1. The van der Waals surface area contributed by atoms with Gasteiger partial charge in [0.15, 0.2) is 5.78 Å². The molecule has 1 atom stereocenters. The monoisotopic (exact) mass is 417 g/mol. The highest BCUT2D eigenvalue weighted by Crippen LogP contribution is 2.28. The maximum Gasteiger partial charge on any atom is 0.290 e. The summed E-state index contributed by atoms with van der Waals surface area (Å²) in [6.07, 6.45) is 8.19. The van der Waals surface area contributed by atoms with Gasteiger partial charge in [0.05, 0.1) is 12.7 Å². The normalized spacial score (nSPS) is 11.6. The number of methoxy groups -OCH3 is 1. The number of ketones is 1. The van der Waals surface area contributed by atoms with Crippen molar-refractivity contribution in [2.24, 2.45) is 5.41 Å². The van der Waals surface area contributed by atoms with Crippen LogP contribution in [0.1, 0.15) is 85.1 Å². The van der Waals surface area contributed by atoms with Crippen LogP contribution in [0.4, 0.5) is 0 Å². The highest BCUT2D eigenvalue weighted by molar-refractivity contribution is 5.97. The zero-order chi connectivity index (χ0) is 23.6. The van der Waals surface area contributed by atoms with Crippen molar-refractivity contribution in [1.82, 2.24) is 0 Å². The summed E-state index contributed by atoms with van der Waals surface area (Å²) in [5.41, 5.74) is 1.62. The van der Waals surface area contributed by atoms with E-state index in [1.165, 1.54) is 44.6 Å². The molecule has 1 aromatic carbocycles. The number of hydrogen-bond acceptors (Lipinski definition) is 4. The van der Waals surface area contributed by atoms with E-state index in [1.807, 2.05) is 26.8 Å². The summed E-state index contributed by atoms with van der Waals surface area (Å²) in [7, 11) is 1.72. The fraction of sp³-hybridized carbons (Fsp3) is 0.560. The fourth-order valence-corrected chi connectivity index (χ4v) is 2.80. The molecule has 5 nitrogen and oxygen atoms in total. The Morgan fingerprint density at radius 2 is 1.70 bits per heavy atom. The van der Waals surface area contributed by atoms with Gasteiger partial charge in [0.1, 0.15) is 11.8 Å². The van der Waals surface area contributed by atoms with E-state index in [9.17, 15) is 4.79 Å². The summed E-state index contributed by atoms with van der Waals surface area (Å²) < 4.78 is 5.19. The van der Waals surface area contributed by atoms with E-state index in [0.717, 1.165) is 11.7 Å². The summed E-state index contributed by atoms with van der Waals surface area (Å²) in [6, 6.07) is 10.5. The lowest BCUT2D eigenvalue weighted by Gasteiger charge is -2.16. The molecule has 0 fully saturated rings. The standard InChI is InChI=1S/C15H24O.C9H13NO.CH2O2/c1-4-6-8-13(7-5-2)14-9-11-15(16-3)12-10-14;1-7(11)8(6-10)5-9(2,3)4;2-1-3/h9-13H,4-8H2,1-3H3;5H,1-4H3;1H,(H,2,3)/b;8-5+;. The van der Waals surface area contributed by atoms with E-state index < -0.39 is 0 Å². The first kappa shape index (κ1) is 29.6. The number of carbonyl (C=O) groups is 2. The lowest BCUT2D eigenvalue weighted by molar-refractivity contribution is -0.122. The Kier molecular flexibility index (Phi) is 17.0. The third-order valence-corrected chi connectivity index (χ3v) is 4.21. The minimum Gasteiger partial charge on any atom is -0.497 e. The van der Waals surface area contributed by atoms with Gasteiger partial charge in [0, 0.05) is 0 Å². The molecule has 168 valence electrons. The molecule has 0 radical (unpaired) electrons. The number of rotatable bonds is 8. The minimum atomic E-state index is -0.250. The largest absolute Gasteiger partial charge is 0.497 e. The number of Topliss-reactive ketones (excluding diaryl/α,β-unsaturated/α-hetero) is 1. The molecule has 30 heavy (non-hydrogen) atoms. The van der Waals surface area contributed by atoms with Gasteiger partial charge in [-0.3, -0.25) is 9.59 Å². The zero-order valence-electron chi connectivity index (χ0n) is 19.7. The Balaban J connectivity index is 0. The van der Waals surface area contributed by atoms with Crippen molar-refractivity contribution in [3.8, 4) is 11.8 Å². The molecule has 0 saturated carbocycles. The van der Waals surface area contributed by atoms with Crippen LogP contribution in [0.3, 0.4) is 0 Å². The van der Waals surface area contributed by atoms with Gasteiger partial charge < -0.3 is 9.84 Å². The summed E-state index contributed by atoms with van der Waals surface area (Å²) in [4.78, 5) is 19.1. The SMILES string of the molecule is CC(=O)/C(C#N)=C/C(C)(C)C.CCCCC(CCC)c1ccc(OC)cc1.O=CO. The van der Waals surface area contributed by atoms with E-state index in [4.69, 9.17) is 19.9 Å². The number of hydrogen-bond donors (Lipinski definition) is 1. The van der Waals surface area contributed by atoms with Crippen LogP contribution in [0.2, 0.25) is 0 Å². The molecule has 1 rings (SSSR count). The second kappa shape index (κ2) is 17.3. The first-order chi connectivity index (χ1) is 14.1. The van der Waals surface area contributed by atoms with E-state index in [0.29, 0.717) is 0 Å². The number of ether oxygens (including phenoxy) is 1. The lowest BCUT2D eigenvalue weighted by Crippen LogP contribution is -2.04. The molecule has 0 heterocycles. The highest BCUT2D eigenvalue weighted by Gasteiger charge is 2.11. The fourth-order valence-electron chi connectivity index (χ4n) is 2.80. The Labute approximate surface area is 182 Å². The van der Waals surface area contributed by atoms with Crippen LogP contribution in [0.25, 0.3) is 0 Å². The maximum atomic E-state index is 10.8. The Morgan fingerprint density at radius 3 is 2.00 bits per heavy atom. The van der Waals surface area contributed by atoms with Gasteiger partial charge in [0.2, 0.25) is 0 Å². The van der Waals surface area contributed by atoms with Crippen LogP contribution in [0.5, 0.6) is 5.75 Å². The van der Waals surface area contributed by atoms with Crippen LogP contribution < -0.4 is 4.74 Å². The molecule has 1 unspecified atom stereocenters. The van der Waals surface area contributed by atoms with Crippen LogP contribution in [0.15, 0.2) is 35.9 Å². The summed E-state index contributed by atoms with van der Waals surface area (Å²) in [5, 5.41) is 15.4. The first-order valence-electron chi connectivity index (χ1n) is 10.5. The third-order valence-electron chi connectivity index (χ3n) is 4.21. The van der Waals surface area contributed by atoms with Gasteiger partial charge in [0.25, 0.3) is 6.47 Å². The molecule has 5 heteroatoms. The third kappa shape index (κ3) is 15.3. The Hall–Kier alpha value is -2.61. The zero-order valence-corrected chi connectivity index (χ0v) is 19.7. The topological polar surface area (TPSA) is 87.4 Å². The van der Waals surface area contributed by atoms with Crippen LogP contribution in [-0.4, -0.2) is 24.5 Å². The molecular formula is C25H39NO4. The quantitative estimate of drug-likeness (QED) is 0.295. The van der Waals surface area contributed by atoms with E-state index in [-0.39, 0.29) is 23.2 Å². The number of nitriles is 1. The average Bonchev–Trinajstić information content (AvgIpc) is 2.69. The minimum absolute atomic E-state index is 0.100. The highest BCUT2D eigenvalue weighted by atomic mass is 16.5. The molecule has 1 aromatic rings. The Bertz CT molecular complexity index is 664. The molecule has 0 bridgehead atoms. The second-order valence-electron chi connectivity index (χ2n) is 8.10. The lowest BCUT2D eigenvalue weighted by atomic mass is 9.90. The first-order valence-corrected chi connectivity index (χ1v) is 10.5. The number of allylic oxidation sites excluding steroid dienone is 2. The van der Waals surface area contributed by atoms with E-state index in [1.54, 1.807) is 13.2 Å². The molecule has 0 aliphatic carbocycles. The van der Waals surface area contributed by atoms with Gasteiger partial charge in [-0.05, 0) is 48.8 Å². The van der Waals surface area contributed by atoms with Crippen molar-refractivity contribution in [1.29, 1.82) is 5.26 Å². The van der Waals surface area contributed by atoms with Gasteiger partial charge >= 0.3 is 0 Å². The number of unbranched alkanes of at least 4 members (excludes halogenated alkanes) is 1. The molecule has 0 spiro atoms. The predicted octanol–water partition coefficient (Wildman–Crippen LogP) is 6.54. The second-order valence-corrected chi connectivity index (χ2v) is 8.10. The maximum absolute atomic E-state index is 10.8. The molecule has 0 aliphatic heterocycles.